The Balaban J connectivity index is 1.72. The van der Waals surface area contributed by atoms with Gasteiger partial charge in [-0.15, -0.1) is 0 Å². The van der Waals surface area contributed by atoms with E-state index in [1.54, 1.807) is 37.5 Å². The highest BCUT2D eigenvalue weighted by Crippen LogP contribution is 2.18. The van der Waals surface area contributed by atoms with E-state index in [-0.39, 0.29) is 11.3 Å². The maximum Gasteiger partial charge on any atom is 0.292 e. The van der Waals surface area contributed by atoms with Gasteiger partial charge in [0.15, 0.2) is 5.69 Å². The number of benzene rings is 2. The van der Waals surface area contributed by atoms with E-state index in [9.17, 15) is 9.59 Å². The van der Waals surface area contributed by atoms with Crippen molar-refractivity contribution in [3.8, 4) is 5.75 Å². The average Bonchev–Trinajstić information content (AvgIpc) is 2.68. The van der Waals surface area contributed by atoms with Gasteiger partial charge in [-0.25, -0.2) is 10.5 Å². The number of aromatic amines is 1. The number of aromatic nitrogens is 2. The summed E-state index contributed by atoms with van der Waals surface area (Å²) >= 11 is 0. The number of amides is 1. The maximum atomic E-state index is 12.3. The van der Waals surface area contributed by atoms with Gasteiger partial charge in [0.2, 0.25) is 0 Å². The zero-order valence-electron chi connectivity index (χ0n) is 14.0. The van der Waals surface area contributed by atoms with E-state index in [0.29, 0.717) is 10.8 Å². The van der Waals surface area contributed by atoms with E-state index >= 15 is 0 Å². The highest BCUT2D eigenvalue weighted by molar-refractivity contribution is 6.04. The molecular formula is C19H16N4O3. The van der Waals surface area contributed by atoms with Gasteiger partial charge in [0.25, 0.3) is 11.5 Å². The van der Waals surface area contributed by atoms with Crippen LogP contribution in [0.15, 0.2) is 64.5 Å². The molecule has 0 saturated carbocycles. The Morgan fingerprint density at radius 2 is 1.88 bits per heavy atom. The first-order chi connectivity index (χ1) is 12.7. The summed E-state index contributed by atoms with van der Waals surface area (Å²) in [4.78, 5) is 24.0. The van der Waals surface area contributed by atoms with Crippen molar-refractivity contribution in [3.05, 3.63) is 76.2 Å². The Morgan fingerprint density at radius 1 is 1.15 bits per heavy atom. The number of carbonyl (C=O) groups excluding carboxylic acids is 1. The maximum absolute atomic E-state index is 12.3. The molecule has 0 bridgehead atoms. The second-order valence-electron chi connectivity index (χ2n) is 5.27. The molecule has 7 nitrogen and oxygen atoms in total. The van der Waals surface area contributed by atoms with Gasteiger partial charge in [0.1, 0.15) is 5.75 Å². The summed E-state index contributed by atoms with van der Waals surface area (Å²) < 4.78 is 5.25. The monoisotopic (exact) mass is 348 g/mol. The molecule has 26 heavy (non-hydrogen) atoms. The largest absolute Gasteiger partial charge is 0.496 e. The van der Waals surface area contributed by atoms with Crippen LogP contribution in [0.1, 0.15) is 16.1 Å². The van der Waals surface area contributed by atoms with Crippen LogP contribution in [-0.2, 0) is 0 Å². The number of para-hydroxylation sites is 1. The number of hydrazone groups is 1. The molecule has 1 aromatic heterocycles. The van der Waals surface area contributed by atoms with E-state index in [1.807, 2.05) is 30.3 Å². The number of fused-ring (bicyclic) bond motifs is 1. The molecule has 0 atom stereocenters. The van der Waals surface area contributed by atoms with Crippen LogP contribution in [0.4, 0.5) is 0 Å². The zero-order chi connectivity index (χ0) is 18.4. The summed E-state index contributed by atoms with van der Waals surface area (Å²) in [6, 6.07) is 14.3. The number of methoxy groups -OCH3 is 1. The topological polar surface area (TPSA) is 96.4 Å². The van der Waals surface area contributed by atoms with Crippen LogP contribution in [0.2, 0.25) is 0 Å². The number of nitrogens with zero attached hydrogens (tertiary/aromatic N) is 2. The van der Waals surface area contributed by atoms with Gasteiger partial charge in [-0.3, -0.25) is 9.59 Å². The number of carbonyl (C=O) groups is 1. The minimum Gasteiger partial charge on any atom is -0.496 e. The predicted octanol–water partition coefficient (Wildman–Crippen LogP) is 2.36. The third-order valence-electron chi connectivity index (χ3n) is 3.65. The Kier molecular flexibility index (Phi) is 5.19. The molecule has 0 spiro atoms. The molecule has 0 fully saturated rings. The first-order valence-corrected chi connectivity index (χ1v) is 7.81. The van der Waals surface area contributed by atoms with Crippen LogP contribution in [0.3, 0.4) is 0 Å². The normalized spacial score (nSPS) is 11.3. The number of rotatable bonds is 5. The SMILES string of the molecule is COc1ccccc1/C=C\C=NNC(=O)c1n[nH]c(=O)c2ccccc12. The highest BCUT2D eigenvalue weighted by Gasteiger charge is 2.12. The van der Waals surface area contributed by atoms with Gasteiger partial charge in [-0.05, 0) is 24.3 Å². The lowest BCUT2D eigenvalue weighted by Gasteiger charge is -2.03. The molecule has 1 heterocycles. The van der Waals surface area contributed by atoms with Gasteiger partial charge in [-0.2, -0.15) is 10.2 Å². The molecule has 1 amide bonds. The molecule has 2 N–H and O–H groups in total. The Bertz CT molecular complexity index is 1050. The molecular weight excluding hydrogens is 332 g/mol. The smallest absolute Gasteiger partial charge is 0.292 e. The van der Waals surface area contributed by atoms with Crippen LogP contribution in [0.25, 0.3) is 16.8 Å². The fraction of sp³-hybridized carbons (Fsp3) is 0.0526. The second kappa shape index (κ2) is 7.89. The molecule has 0 unspecified atom stereocenters. The molecule has 0 aliphatic heterocycles. The van der Waals surface area contributed by atoms with Crippen molar-refractivity contribution in [1.82, 2.24) is 15.6 Å². The molecule has 2 aromatic carbocycles. The fourth-order valence-electron chi connectivity index (χ4n) is 2.43. The number of H-pyrrole nitrogens is 1. The van der Waals surface area contributed by atoms with Gasteiger partial charge in [0, 0.05) is 17.2 Å². The van der Waals surface area contributed by atoms with E-state index in [4.69, 9.17) is 4.74 Å². The number of ether oxygens (including phenoxy) is 1. The molecule has 0 aliphatic carbocycles. The molecule has 0 saturated heterocycles. The van der Waals surface area contributed by atoms with Crippen LogP contribution in [0, 0.1) is 0 Å². The molecule has 130 valence electrons. The highest BCUT2D eigenvalue weighted by atomic mass is 16.5. The van der Waals surface area contributed by atoms with Gasteiger partial charge >= 0.3 is 0 Å². The third-order valence-corrected chi connectivity index (χ3v) is 3.65. The van der Waals surface area contributed by atoms with Crippen molar-refractivity contribution in [2.75, 3.05) is 7.11 Å². The van der Waals surface area contributed by atoms with Crippen molar-refractivity contribution in [2.24, 2.45) is 5.10 Å². The minimum absolute atomic E-state index is 0.103. The van der Waals surface area contributed by atoms with Crippen LogP contribution >= 0.6 is 0 Å². The van der Waals surface area contributed by atoms with E-state index in [2.05, 4.69) is 20.7 Å². The van der Waals surface area contributed by atoms with Crippen molar-refractivity contribution in [3.63, 3.8) is 0 Å². The number of allylic oxidation sites excluding steroid dienone is 1. The summed E-state index contributed by atoms with van der Waals surface area (Å²) in [5, 5.41) is 10.9. The van der Waals surface area contributed by atoms with Crippen molar-refractivity contribution < 1.29 is 9.53 Å². The van der Waals surface area contributed by atoms with E-state index < -0.39 is 5.91 Å². The van der Waals surface area contributed by atoms with E-state index in [1.165, 1.54) is 6.21 Å². The van der Waals surface area contributed by atoms with Gasteiger partial charge in [0.05, 0.1) is 12.5 Å². The first-order valence-electron chi connectivity index (χ1n) is 7.81. The Morgan fingerprint density at radius 3 is 2.69 bits per heavy atom. The lowest BCUT2D eigenvalue weighted by atomic mass is 10.1. The van der Waals surface area contributed by atoms with E-state index in [0.717, 1.165) is 11.3 Å². The molecule has 0 aliphatic rings. The summed E-state index contributed by atoms with van der Waals surface area (Å²) in [5.74, 6) is 0.226. The Labute approximate surface area is 149 Å². The quantitative estimate of drug-likeness (QED) is 0.546. The van der Waals surface area contributed by atoms with Crippen LogP contribution in [-0.4, -0.2) is 29.4 Å². The molecule has 3 rings (SSSR count). The number of nitrogens with one attached hydrogen (secondary N) is 2. The molecule has 0 radical (unpaired) electrons. The first kappa shape index (κ1) is 17.1. The zero-order valence-corrected chi connectivity index (χ0v) is 14.0. The number of hydrogen-bond acceptors (Lipinski definition) is 5. The Hall–Kier alpha value is -3.74. The summed E-state index contributed by atoms with van der Waals surface area (Å²) in [7, 11) is 1.60. The number of hydrogen-bond donors (Lipinski definition) is 2. The summed E-state index contributed by atoms with van der Waals surface area (Å²) in [5.41, 5.74) is 3.03. The van der Waals surface area contributed by atoms with Gasteiger partial charge < -0.3 is 4.74 Å². The van der Waals surface area contributed by atoms with Crippen molar-refractivity contribution in [1.29, 1.82) is 0 Å². The standard InChI is InChI=1S/C19H16N4O3/c1-26-16-11-5-2-7-13(16)8-6-12-20-22-19(25)17-14-9-3-4-10-15(14)18(24)23-21-17/h2-12H,1H3,(H,22,25)(H,23,24)/b8-6-,20-12?. The third kappa shape index (κ3) is 3.67. The minimum atomic E-state index is -0.514. The van der Waals surface area contributed by atoms with Crippen LogP contribution in [0.5, 0.6) is 5.75 Å². The van der Waals surface area contributed by atoms with Crippen molar-refractivity contribution in [2.45, 2.75) is 0 Å². The predicted molar refractivity (Wildman–Crippen MR) is 100 cm³/mol. The fourth-order valence-corrected chi connectivity index (χ4v) is 2.43. The van der Waals surface area contributed by atoms with Crippen molar-refractivity contribution >= 4 is 29.0 Å². The lowest BCUT2D eigenvalue weighted by molar-refractivity contribution is 0.0951. The summed E-state index contributed by atoms with van der Waals surface area (Å²) in [6.07, 6.45) is 4.93. The average molecular weight is 348 g/mol. The molecule has 3 aromatic rings. The lowest BCUT2D eigenvalue weighted by Crippen LogP contribution is -2.22. The van der Waals surface area contributed by atoms with Crippen LogP contribution < -0.4 is 15.7 Å². The molecule has 7 heteroatoms. The summed E-state index contributed by atoms with van der Waals surface area (Å²) in [6.45, 7) is 0. The van der Waals surface area contributed by atoms with Gasteiger partial charge in [-0.1, -0.05) is 36.4 Å². The second-order valence-corrected chi connectivity index (χ2v) is 5.27.